The van der Waals surface area contributed by atoms with E-state index in [2.05, 4.69) is 10.6 Å². The van der Waals surface area contributed by atoms with E-state index in [9.17, 15) is 9.59 Å². The lowest BCUT2D eigenvalue weighted by atomic mass is 10.1. The number of carbonyl (C=O) groups excluding carboxylic acids is 2. The highest BCUT2D eigenvalue weighted by Gasteiger charge is 2.21. The van der Waals surface area contributed by atoms with Crippen molar-refractivity contribution in [2.24, 2.45) is 0 Å². The van der Waals surface area contributed by atoms with Gasteiger partial charge in [0.15, 0.2) is 0 Å². The Labute approximate surface area is 133 Å². The van der Waals surface area contributed by atoms with Gasteiger partial charge in [0.2, 0.25) is 0 Å². The van der Waals surface area contributed by atoms with Crippen LogP contribution in [0.4, 0.5) is 16.2 Å². The lowest BCUT2D eigenvalue weighted by molar-refractivity contribution is 0.102. The normalized spacial score (nSPS) is 13.3. The average Bonchev–Trinajstić information content (AvgIpc) is 3.01. The molecule has 2 aromatic rings. The van der Waals surface area contributed by atoms with E-state index in [1.54, 1.807) is 53.4 Å². The van der Waals surface area contributed by atoms with Gasteiger partial charge in [0.05, 0.1) is 11.6 Å². The Kier molecular flexibility index (Phi) is 3.93. The van der Waals surface area contributed by atoms with Gasteiger partial charge in [0.1, 0.15) is 0 Å². The van der Waals surface area contributed by atoms with Gasteiger partial charge in [-0.25, -0.2) is 4.79 Å². The van der Waals surface area contributed by atoms with Crippen LogP contribution in [0.15, 0.2) is 48.5 Å². The average molecular weight is 306 g/mol. The smallest absolute Gasteiger partial charge is 0.321 e. The molecule has 0 spiro atoms. The standard InChI is InChI=1S/C17H14N4O2/c18-11-12-2-1-3-14(10-12)20-16(22)13-4-6-15(7-5-13)21-9-8-19-17(21)23/h1-7,10H,8-9H2,(H,19,23)(H,20,22). The highest BCUT2D eigenvalue weighted by Crippen LogP contribution is 2.18. The fraction of sp³-hybridized carbons (Fsp3) is 0.118. The predicted octanol–water partition coefficient (Wildman–Crippen LogP) is 2.34. The zero-order chi connectivity index (χ0) is 16.2. The number of rotatable bonds is 3. The first-order valence-electron chi connectivity index (χ1n) is 7.14. The third kappa shape index (κ3) is 3.14. The lowest BCUT2D eigenvalue weighted by Crippen LogP contribution is -2.27. The number of urea groups is 1. The zero-order valence-corrected chi connectivity index (χ0v) is 12.2. The molecule has 0 bridgehead atoms. The first-order chi connectivity index (χ1) is 11.2. The van der Waals surface area contributed by atoms with Gasteiger partial charge in [-0.1, -0.05) is 6.07 Å². The predicted molar refractivity (Wildman–Crippen MR) is 86.3 cm³/mol. The number of nitrogens with zero attached hydrogens (tertiary/aromatic N) is 2. The van der Waals surface area contributed by atoms with Crippen LogP contribution in [-0.4, -0.2) is 25.0 Å². The van der Waals surface area contributed by atoms with Crippen molar-refractivity contribution in [1.82, 2.24) is 5.32 Å². The van der Waals surface area contributed by atoms with Crippen molar-refractivity contribution < 1.29 is 9.59 Å². The zero-order valence-electron chi connectivity index (χ0n) is 12.2. The number of nitriles is 1. The van der Waals surface area contributed by atoms with E-state index in [4.69, 9.17) is 5.26 Å². The van der Waals surface area contributed by atoms with Gasteiger partial charge >= 0.3 is 6.03 Å². The summed E-state index contributed by atoms with van der Waals surface area (Å²) < 4.78 is 0. The Morgan fingerprint density at radius 1 is 1.22 bits per heavy atom. The minimum Gasteiger partial charge on any atom is -0.336 e. The molecule has 1 heterocycles. The first kappa shape index (κ1) is 14.6. The third-order valence-corrected chi connectivity index (χ3v) is 3.55. The van der Waals surface area contributed by atoms with Gasteiger partial charge in [-0.3, -0.25) is 9.69 Å². The summed E-state index contributed by atoms with van der Waals surface area (Å²) in [4.78, 5) is 25.5. The molecule has 1 aliphatic heterocycles. The molecule has 6 nitrogen and oxygen atoms in total. The molecule has 1 fully saturated rings. The number of amides is 3. The summed E-state index contributed by atoms with van der Waals surface area (Å²) in [5, 5.41) is 14.3. The molecule has 2 aromatic carbocycles. The fourth-order valence-corrected chi connectivity index (χ4v) is 2.38. The second-order valence-electron chi connectivity index (χ2n) is 5.08. The molecule has 0 aliphatic carbocycles. The second-order valence-corrected chi connectivity index (χ2v) is 5.08. The highest BCUT2D eigenvalue weighted by molar-refractivity contribution is 6.04. The number of nitrogens with one attached hydrogen (secondary N) is 2. The topological polar surface area (TPSA) is 85.2 Å². The second kappa shape index (κ2) is 6.20. The maximum Gasteiger partial charge on any atom is 0.321 e. The molecule has 3 amide bonds. The summed E-state index contributed by atoms with van der Waals surface area (Å²) in [7, 11) is 0. The van der Waals surface area contributed by atoms with Crippen molar-refractivity contribution >= 4 is 23.3 Å². The molecule has 23 heavy (non-hydrogen) atoms. The van der Waals surface area contributed by atoms with Crippen LogP contribution in [0.3, 0.4) is 0 Å². The summed E-state index contributed by atoms with van der Waals surface area (Å²) in [5.74, 6) is -0.266. The SMILES string of the molecule is N#Cc1cccc(NC(=O)c2ccc(N3CCNC3=O)cc2)c1. The summed E-state index contributed by atoms with van der Waals surface area (Å²) in [5.41, 5.74) is 2.29. The monoisotopic (exact) mass is 306 g/mol. The van der Waals surface area contributed by atoms with Gasteiger partial charge < -0.3 is 10.6 Å². The van der Waals surface area contributed by atoms with E-state index < -0.39 is 0 Å². The van der Waals surface area contributed by atoms with E-state index in [1.165, 1.54) is 0 Å². The van der Waals surface area contributed by atoms with E-state index in [-0.39, 0.29) is 11.9 Å². The van der Waals surface area contributed by atoms with Crippen LogP contribution in [0, 0.1) is 11.3 Å². The summed E-state index contributed by atoms with van der Waals surface area (Å²) in [6.45, 7) is 1.24. The summed E-state index contributed by atoms with van der Waals surface area (Å²) >= 11 is 0. The van der Waals surface area contributed by atoms with Gasteiger partial charge in [-0.2, -0.15) is 5.26 Å². The van der Waals surface area contributed by atoms with Crippen LogP contribution in [0.1, 0.15) is 15.9 Å². The molecule has 0 saturated carbocycles. The highest BCUT2D eigenvalue weighted by atomic mass is 16.2. The first-order valence-corrected chi connectivity index (χ1v) is 7.14. The van der Waals surface area contributed by atoms with E-state index >= 15 is 0 Å². The molecule has 0 unspecified atom stereocenters. The molecule has 3 rings (SSSR count). The molecule has 0 radical (unpaired) electrons. The molecule has 1 saturated heterocycles. The van der Waals surface area contributed by atoms with Crippen molar-refractivity contribution in [3.05, 3.63) is 59.7 Å². The molecule has 1 aliphatic rings. The van der Waals surface area contributed by atoms with Crippen molar-refractivity contribution in [2.75, 3.05) is 23.3 Å². The quantitative estimate of drug-likeness (QED) is 0.912. The van der Waals surface area contributed by atoms with E-state index in [0.29, 0.717) is 29.9 Å². The number of anilines is 2. The van der Waals surface area contributed by atoms with E-state index in [0.717, 1.165) is 5.69 Å². The van der Waals surface area contributed by atoms with Gasteiger partial charge in [-0.05, 0) is 42.5 Å². The molecule has 114 valence electrons. The van der Waals surface area contributed by atoms with Crippen LogP contribution in [0.5, 0.6) is 0 Å². The maximum atomic E-state index is 12.2. The van der Waals surface area contributed by atoms with Gasteiger partial charge in [-0.15, -0.1) is 0 Å². The van der Waals surface area contributed by atoms with Crippen molar-refractivity contribution in [3.63, 3.8) is 0 Å². The third-order valence-electron chi connectivity index (χ3n) is 3.55. The number of benzene rings is 2. The maximum absolute atomic E-state index is 12.2. The van der Waals surface area contributed by atoms with Crippen molar-refractivity contribution in [3.8, 4) is 6.07 Å². The lowest BCUT2D eigenvalue weighted by Gasteiger charge is -2.14. The van der Waals surface area contributed by atoms with Crippen LogP contribution in [-0.2, 0) is 0 Å². The Hall–Kier alpha value is -3.33. The van der Waals surface area contributed by atoms with E-state index in [1.807, 2.05) is 6.07 Å². The Bertz CT molecular complexity index is 793. The Morgan fingerprint density at radius 2 is 2.00 bits per heavy atom. The Balaban J connectivity index is 1.72. The molecule has 2 N–H and O–H groups in total. The van der Waals surface area contributed by atoms with Crippen LogP contribution in [0.2, 0.25) is 0 Å². The van der Waals surface area contributed by atoms with Crippen LogP contribution >= 0.6 is 0 Å². The molecular weight excluding hydrogens is 292 g/mol. The summed E-state index contributed by atoms with van der Waals surface area (Å²) in [6, 6.07) is 15.4. The summed E-state index contributed by atoms with van der Waals surface area (Å²) in [6.07, 6.45) is 0. The van der Waals surface area contributed by atoms with Crippen LogP contribution in [0.25, 0.3) is 0 Å². The van der Waals surface area contributed by atoms with Crippen molar-refractivity contribution in [1.29, 1.82) is 5.26 Å². The molecule has 6 heteroatoms. The fourth-order valence-electron chi connectivity index (χ4n) is 2.38. The van der Waals surface area contributed by atoms with Gasteiger partial charge in [0.25, 0.3) is 5.91 Å². The minimum absolute atomic E-state index is 0.129. The largest absolute Gasteiger partial charge is 0.336 e. The van der Waals surface area contributed by atoms with Crippen LogP contribution < -0.4 is 15.5 Å². The molecule has 0 aromatic heterocycles. The van der Waals surface area contributed by atoms with Crippen molar-refractivity contribution in [2.45, 2.75) is 0 Å². The molecule has 0 atom stereocenters. The minimum atomic E-state index is -0.266. The number of carbonyl (C=O) groups is 2. The number of hydrogen-bond donors (Lipinski definition) is 2. The van der Waals surface area contributed by atoms with Gasteiger partial charge in [0, 0.05) is 30.0 Å². The number of hydrogen-bond acceptors (Lipinski definition) is 3. The Morgan fingerprint density at radius 3 is 2.65 bits per heavy atom. The molecular formula is C17H14N4O2.